The molecule has 2 heterocycles. The number of aryl methyl sites for hydroxylation is 3. The summed E-state index contributed by atoms with van der Waals surface area (Å²) in [6, 6.07) is 6.10. The van der Waals surface area contributed by atoms with E-state index in [2.05, 4.69) is 65.5 Å². The molecule has 6 N–H and O–H groups in total. The van der Waals surface area contributed by atoms with E-state index in [9.17, 15) is 9.59 Å². The normalized spacial score (nSPS) is 12.9. The van der Waals surface area contributed by atoms with Gasteiger partial charge in [-0.25, -0.2) is 0 Å². The molecule has 8 nitrogen and oxygen atoms in total. The van der Waals surface area contributed by atoms with Crippen LogP contribution in [0.1, 0.15) is 73.4 Å². The van der Waals surface area contributed by atoms with Gasteiger partial charge >= 0.3 is 0 Å². The molecule has 0 aliphatic heterocycles. The zero-order valence-electron chi connectivity index (χ0n) is 22.7. The fraction of sp³-hybridized carbons (Fsp3) is 0.429. The van der Waals surface area contributed by atoms with E-state index >= 15 is 0 Å². The van der Waals surface area contributed by atoms with Crippen molar-refractivity contribution < 1.29 is 4.79 Å². The van der Waals surface area contributed by atoms with Gasteiger partial charge in [-0.15, -0.1) is 0 Å². The second-order valence-corrected chi connectivity index (χ2v) is 10.2. The molecule has 3 aromatic rings. The number of carbonyl (C=O) groups is 1. The molecule has 36 heavy (non-hydrogen) atoms. The number of nitrogens with two attached hydrogens (primary N) is 1. The third kappa shape index (κ3) is 6.18. The molecule has 0 fully saturated rings. The Bertz CT molecular complexity index is 1340. The Morgan fingerprint density at radius 1 is 1.08 bits per heavy atom. The first-order valence-electron chi connectivity index (χ1n) is 12.5. The molecule has 0 spiro atoms. The molecule has 0 aliphatic rings. The van der Waals surface area contributed by atoms with Crippen molar-refractivity contribution in [2.45, 2.75) is 80.1 Å². The number of hydrogen-bond donors (Lipinski definition) is 5. The van der Waals surface area contributed by atoms with Crippen LogP contribution in [0.15, 0.2) is 41.1 Å². The molecule has 194 valence electrons. The number of hydrogen-bond acceptors (Lipinski definition) is 5. The van der Waals surface area contributed by atoms with Crippen molar-refractivity contribution in [2.75, 3.05) is 5.32 Å². The topological polar surface area (TPSA) is 117 Å². The van der Waals surface area contributed by atoms with E-state index in [0.717, 1.165) is 39.2 Å². The quantitative estimate of drug-likeness (QED) is 0.304. The van der Waals surface area contributed by atoms with Gasteiger partial charge in [-0.3, -0.25) is 9.59 Å². The number of nitrogens with one attached hydrogen (secondary N) is 4. The van der Waals surface area contributed by atoms with Crippen molar-refractivity contribution in [2.24, 2.45) is 5.73 Å². The van der Waals surface area contributed by atoms with Crippen LogP contribution in [0.2, 0.25) is 0 Å². The van der Waals surface area contributed by atoms with Crippen molar-refractivity contribution in [3.63, 3.8) is 0 Å². The summed E-state index contributed by atoms with van der Waals surface area (Å²) in [6.07, 6.45) is 4.00. The lowest BCUT2D eigenvalue weighted by Gasteiger charge is -2.19. The third-order valence-electron chi connectivity index (χ3n) is 6.00. The monoisotopic (exact) mass is 492 g/mol. The van der Waals surface area contributed by atoms with Crippen molar-refractivity contribution in [1.29, 1.82) is 0 Å². The highest BCUT2D eigenvalue weighted by Crippen LogP contribution is 2.31. The van der Waals surface area contributed by atoms with Crippen LogP contribution in [0.3, 0.4) is 0 Å². The lowest BCUT2D eigenvalue weighted by molar-refractivity contribution is 0.0952. The highest BCUT2D eigenvalue weighted by Gasteiger charge is 2.19. The molecule has 0 saturated carbocycles. The van der Waals surface area contributed by atoms with E-state index in [4.69, 9.17) is 5.73 Å². The summed E-state index contributed by atoms with van der Waals surface area (Å²) in [5, 5.41) is 10.7. The summed E-state index contributed by atoms with van der Waals surface area (Å²) >= 11 is 0. The van der Waals surface area contributed by atoms with Gasteiger partial charge in [-0.2, -0.15) is 0 Å². The van der Waals surface area contributed by atoms with Crippen molar-refractivity contribution in [3.8, 4) is 0 Å². The second kappa shape index (κ2) is 11.0. The molecular weight excluding hydrogens is 452 g/mol. The van der Waals surface area contributed by atoms with Gasteiger partial charge in [0.15, 0.2) is 0 Å². The Hall–Kier alpha value is -3.52. The van der Waals surface area contributed by atoms with Crippen LogP contribution in [0, 0.1) is 20.8 Å². The minimum Gasteiger partial charge on any atom is -0.370 e. The van der Waals surface area contributed by atoms with Crippen molar-refractivity contribution in [1.82, 2.24) is 20.2 Å². The summed E-state index contributed by atoms with van der Waals surface area (Å²) in [5.74, 6) is 0.550. The van der Waals surface area contributed by atoms with Gasteiger partial charge < -0.3 is 31.2 Å². The van der Waals surface area contributed by atoms with Crippen LogP contribution in [0.5, 0.6) is 0 Å². The third-order valence-corrected chi connectivity index (χ3v) is 6.00. The standard InChI is InChI=1S/C28H40N6O2/c1-15(2)31-25(10-19(7)29)33-21-11-22(26-18(6)14-34(16(3)4)24(26)12-21)27(35)30-13-23-17(5)9-20(8)32-28(23)36/h9-12,14-16,19,31,33H,13,29H2,1-8H3,(H,30,35)(H,32,36)/b25-10+. The fourth-order valence-corrected chi connectivity index (χ4v) is 4.49. The Labute approximate surface area is 213 Å². The molecule has 1 amide bonds. The van der Waals surface area contributed by atoms with E-state index in [-0.39, 0.29) is 36.1 Å². The number of amides is 1. The first-order chi connectivity index (χ1) is 16.9. The predicted molar refractivity (Wildman–Crippen MR) is 148 cm³/mol. The fourth-order valence-electron chi connectivity index (χ4n) is 4.49. The number of anilines is 1. The van der Waals surface area contributed by atoms with E-state index in [1.54, 1.807) is 0 Å². The molecule has 8 heteroatoms. The number of carbonyl (C=O) groups excluding carboxylic acids is 1. The maximum Gasteiger partial charge on any atom is 0.253 e. The molecule has 3 rings (SSSR count). The molecule has 0 saturated heterocycles. The number of fused-ring (bicyclic) bond motifs is 1. The smallest absolute Gasteiger partial charge is 0.253 e. The number of aromatic amines is 1. The summed E-state index contributed by atoms with van der Waals surface area (Å²) in [4.78, 5) is 28.8. The van der Waals surface area contributed by atoms with Gasteiger partial charge in [0.05, 0.1) is 11.1 Å². The van der Waals surface area contributed by atoms with Crippen LogP contribution in [0.25, 0.3) is 10.9 Å². The lowest BCUT2D eigenvalue weighted by Crippen LogP contribution is -2.29. The SMILES string of the molecule is Cc1cc(C)c(CNC(=O)c2cc(N/C(=C/C(C)N)NC(C)C)cc3c2c(C)cn3C(C)C)c(=O)[nH]1. The van der Waals surface area contributed by atoms with Crippen molar-refractivity contribution >= 4 is 22.5 Å². The average Bonchev–Trinajstić information content (AvgIpc) is 3.08. The van der Waals surface area contributed by atoms with E-state index in [0.29, 0.717) is 11.1 Å². The molecule has 0 aliphatic carbocycles. The van der Waals surface area contributed by atoms with Gasteiger partial charge in [0.2, 0.25) is 0 Å². The molecule has 1 atom stereocenters. The van der Waals surface area contributed by atoms with Crippen LogP contribution in [0.4, 0.5) is 5.69 Å². The molecule has 2 aromatic heterocycles. The Morgan fingerprint density at radius 2 is 1.78 bits per heavy atom. The minimum atomic E-state index is -0.234. The van der Waals surface area contributed by atoms with Crippen LogP contribution in [-0.2, 0) is 6.54 Å². The number of H-pyrrole nitrogens is 1. The maximum absolute atomic E-state index is 13.5. The van der Waals surface area contributed by atoms with Gasteiger partial charge in [0, 0.05) is 53.2 Å². The molecule has 0 bridgehead atoms. The summed E-state index contributed by atoms with van der Waals surface area (Å²) < 4.78 is 2.17. The highest BCUT2D eigenvalue weighted by molar-refractivity contribution is 6.09. The van der Waals surface area contributed by atoms with Gasteiger partial charge in [0.25, 0.3) is 11.5 Å². The van der Waals surface area contributed by atoms with Crippen LogP contribution in [-0.4, -0.2) is 27.5 Å². The second-order valence-electron chi connectivity index (χ2n) is 10.2. The van der Waals surface area contributed by atoms with Gasteiger partial charge in [-0.1, -0.05) is 0 Å². The predicted octanol–water partition coefficient (Wildman–Crippen LogP) is 4.36. The number of aromatic nitrogens is 2. The summed E-state index contributed by atoms with van der Waals surface area (Å²) in [6.45, 7) is 16.1. The minimum absolute atomic E-state index is 0.147. The summed E-state index contributed by atoms with van der Waals surface area (Å²) in [7, 11) is 0. The first-order valence-corrected chi connectivity index (χ1v) is 12.5. The Kier molecular flexibility index (Phi) is 8.30. The number of pyridine rings is 1. The van der Waals surface area contributed by atoms with E-state index < -0.39 is 0 Å². The van der Waals surface area contributed by atoms with Crippen molar-refractivity contribution in [3.05, 3.63) is 74.6 Å². The zero-order valence-corrected chi connectivity index (χ0v) is 22.7. The number of nitrogens with zero attached hydrogens (tertiary/aromatic N) is 1. The van der Waals surface area contributed by atoms with Gasteiger partial charge in [0.1, 0.15) is 5.82 Å². The summed E-state index contributed by atoms with van der Waals surface area (Å²) in [5.41, 5.74) is 11.4. The average molecular weight is 493 g/mol. The van der Waals surface area contributed by atoms with Gasteiger partial charge in [-0.05, 0) is 90.8 Å². The van der Waals surface area contributed by atoms with Crippen LogP contribution >= 0.6 is 0 Å². The lowest BCUT2D eigenvalue weighted by atomic mass is 10.0. The van der Waals surface area contributed by atoms with Crippen LogP contribution < -0.4 is 27.2 Å². The van der Waals surface area contributed by atoms with E-state index in [1.165, 1.54) is 0 Å². The Morgan fingerprint density at radius 3 is 2.36 bits per heavy atom. The number of rotatable bonds is 9. The molecular formula is C28H40N6O2. The highest BCUT2D eigenvalue weighted by atomic mass is 16.1. The maximum atomic E-state index is 13.5. The Balaban J connectivity index is 2.06. The van der Waals surface area contributed by atoms with E-state index in [1.807, 2.05) is 45.9 Å². The first kappa shape index (κ1) is 27.1. The molecule has 1 aromatic carbocycles. The largest absolute Gasteiger partial charge is 0.370 e. The zero-order chi connectivity index (χ0) is 26.7. The molecule has 0 radical (unpaired) electrons. The number of benzene rings is 1. The molecule has 1 unspecified atom stereocenters.